The van der Waals surface area contributed by atoms with Crippen molar-refractivity contribution in [3.63, 3.8) is 0 Å². The molecule has 0 unspecified atom stereocenters. The van der Waals surface area contributed by atoms with Crippen molar-refractivity contribution in [1.82, 2.24) is 19.8 Å². The summed E-state index contributed by atoms with van der Waals surface area (Å²) in [4.78, 5) is 13.3. The Kier molecular flexibility index (Phi) is 5.31. The lowest BCUT2D eigenvalue weighted by Crippen LogP contribution is -2.36. The second-order valence-corrected chi connectivity index (χ2v) is 8.51. The first-order valence-electron chi connectivity index (χ1n) is 9.07. The largest absolute Gasteiger partial charge is 0.340 e. The van der Waals surface area contributed by atoms with Crippen molar-refractivity contribution < 1.29 is 13.3 Å². The molecule has 3 aromatic rings. The molecule has 0 atom stereocenters. The van der Waals surface area contributed by atoms with E-state index < -0.39 is 10.0 Å². The number of hydrogen-bond donors (Lipinski definition) is 2. The molecule has 2 aromatic carbocycles. The Hall–Kier alpha value is -3.19. The number of aromatic nitrogens is 2. The monoisotopic (exact) mass is 409 g/mol. The van der Waals surface area contributed by atoms with Gasteiger partial charge in [0.15, 0.2) is 0 Å². The maximum atomic E-state index is 12.7. The van der Waals surface area contributed by atoms with Gasteiger partial charge in [0.25, 0.3) is 0 Å². The molecule has 0 bridgehead atoms. The van der Waals surface area contributed by atoms with Crippen LogP contribution in [0.5, 0.6) is 0 Å². The summed E-state index contributed by atoms with van der Waals surface area (Å²) in [6.45, 7) is 0.854. The van der Waals surface area contributed by atoms with Crippen LogP contribution in [0.25, 0.3) is 11.0 Å². The van der Waals surface area contributed by atoms with Crippen LogP contribution in [0.4, 0.5) is 0 Å². The Morgan fingerprint density at radius 3 is 2.69 bits per heavy atom. The average molecular weight is 409 g/mol. The van der Waals surface area contributed by atoms with Crippen molar-refractivity contribution in [1.29, 1.82) is 5.26 Å². The second kappa shape index (κ2) is 8.05. The Bertz CT molecular complexity index is 1160. The lowest BCUT2D eigenvalue weighted by Gasteiger charge is -2.26. The zero-order valence-electron chi connectivity index (χ0n) is 15.5. The first-order valence-corrected chi connectivity index (χ1v) is 10.5. The van der Waals surface area contributed by atoms with Gasteiger partial charge in [-0.15, -0.1) is 0 Å². The number of rotatable bonds is 6. The number of nitrogens with one attached hydrogen (secondary N) is 2. The number of imidazole rings is 1. The van der Waals surface area contributed by atoms with Gasteiger partial charge >= 0.3 is 0 Å². The van der Waals surface area contributed by atoms with Crippen molar-refractivity contribution in [3.8, 4) is 6.07 Å². The number of fused-ring (bicyclic) bond motifs is 1. The van der Waals surface area contributed by atoms with Gasteiger partial charge in [-0.25, -0.2) is 13.4 Å². The fourth-order valence-corrected chi connectivity index (χ4v) is 4.46. The summed E-state index contributed by atoms with van der Waals surface area (Å²) in [7, 11) is -3.59. The number of para-hydroxylation sites is 2. The van der Waals surface area contributed by atoms with Crippen LogP contribution >= 0.6 is 0 Å². The number of sulfonamides is 1. The molecule has 1 aliphatic heterocycles. The molecule has 148 valence electrons. The lowest BCUT2D eigenvalue weighted by atomic mass is 10.2. The van der Waals surface area contributed by atoms with Crippen LogP contribution in [0.1, 0.15) is 17.8 Å². The average Bonchev–Trinajstić information content (AvgIpc) is 3.17. The molecule has 4 rings (SSSR count). The van der Waals surface area contributed by atoms with Gasteiger partial charge in [0, 0.05) is 25.2 Å². The number of nitrogens with zero attached hydrogens (tertiary/aromatic N) is 3. The van der Waals surface area contributed by atoms with Crippen LogP contribution in [0.3, 0.4) is 0 Å². The van der Waals surface area contributed by atoms with Crippen LogP contribution in [-0.4, -0.2) is 35.8 Å². The summed E-state index contributed by atoms with van der Waals surface area (Å²) < 4.78 is 26.9. The summed E-state index contributed by atoms with van der Waals surface area (Å²) in [6, 6.07) is 15.7. The topological polar surface area (TPSA) is 111 Å². The highest BCUT2D eigenvalue weighted by atomic mass is 32.2. The van der Waals surface area contributed by atoms with E-state index in [2.05, 4.69) is 15.4 Å². The van der Waals surface area contributed by atoms with Gasteiger partial charge in [-0.3, -0.25) is 10.3 Å². The fraction of sp³-hybridized carbons (Fsp3) is 0.200. The minimum atomic E-state index is -3.59. The first kappa shape index (κ1) is 19.1. The minimum absolute atomic E-state index is 0.183. The van der Waals surface area contributed by atoms with Gasteiger partial charge in [0.05, 0.1) is 27.6 Å². The van der Waals surface area contributed by atoms with Crippen LogP contribution < -0.4 is 5.48 Å². The number of nitriles is 1. The van der Waals surface area contributed by atoms with Crippen molar-refractivity contribution >= 4 is 21.1 Å². The van der Waals surface area contributed by atoms with E-state index in [1.54, 1.807) is 6.08 Å². The highest BCUT2D eigenvalue weighted by Gasteiger charge is 2.26. The van der Waals surface area contributed by atoms with E-state index in [4.69, 9.17) is 10.1 Å². The standard InChI is InChI=1S/C20H19N5O3S/c21-13-15-5-7-17(8-6-15)29(26,27)25-11-9-16(10-12-25)24-28-14-20-22-18-3-1-2-4-19(18)23-20/h1-9,24H,10-12,14H2,(H,22,23). The number of hydroxylamine groups is 1. The summed E-state index contributed by atoms with van der Waals surface area (Å²) >= 11 is 0. The molecule has 1 aliphatic rings. The van der Waals surface area contributed by atoms with Crippen LogP contribution in [0, 0.1) is 11.3 Å². The summed E-state index contributed by atoms with van der Waals surface area (Å²) in [5.41, 5.74) is 5.97. The minimum Gasteiger partial charge on any atom is -0.340 e. The molecule has 2 heterocycles. The Morgan fingerprint density at radius 1 is 1.21 bits per heavy atom. The predicted octanol–water partition coefficient (Wildman–Crippen LogP) is 2.43. The number of hydrogen-bond acceptors (Lipinski definition) is 6. The van der Waals surface area contributed by atoms with Gasteiger partial charge in [-0.2, -0.15) is 9.57 Å². The van der Waals surface area contributed by atoms with E-state index in [9.17, 15) is 8.42 Å². The number of benzene rings is 2. The zero-order chi connectivity index (χ0) is 20.3. The molecule has 0 aliphatic carbocycles. The molecule has 0 radical (unpaired) electrons. The molecular formula is C20H19N5O3S. The normalized spacial score (nSPS) is 15.1. The highest BCUT2D eigenvalue weighted by Crippen LogP contribution is 2.20. The van der Waals surface area contributed by atoms with E-state index in [1.165, 1.54) is 28.6 Å². The molecule has 0 saturated heterocycles. The van der Waals surface area contributed by atoms with Gasteiger partial charge in [0.1, 0.15) is 12.4 Å². The summed E-state index contributed by atoms with van der Waals surface area (Å²) in [6.07, 6.45) is 2.30. The van der Waals surface area contributed by atoms with Gasteiger partial charge in [-0.1, -0.05) is 12.1 Å². The van der Waals surface area contributed by atoms with E-state index in [1.807, 2.05) is 30.3 Å². The molecule has 9 heteroatoms. The third-order valence-electron chi connectivity index (χ3n) is 4.64. The maximum absolute atomic E-state index is 12.7. The molecule has 1 aromatic heterocycles. The van der Waals surface area contributed by atoms with E-state index >= 15 is 0 Å². The van der Waals surface area contributed by atoms with E-state index in [0.717, 1.165) is 16.7 Å². The summed E-state index contributed by atoms with van der Waals surface area (Å²) in [5.74, 6) is 0.708. The molecule has 29 heavy (non-hydrogen) atoms. The maximum Gasteiger partial charge on any atom is 0.243 e. The lowest BCUT2D eigenvalue weighted by molar-refractivity contribution is 0.0416. The van der Waals surface area contributed by atoms with Crippen molar-refractivity contribution in [2.45, 2.75) is 17.9 Å². The first-order chi connectivity index (χ1) is 14.1. The van der Waals surface area contributed by atoms with Gasteiger partial charge in [0.2, 0.25) is 10.0 Å². The van der Waals surface area contributed by atoms with Gasteiger partial charge < -0.3 is 4.98 Å². The van der Waals surface area contributed by atoms with Crippen molar-refractivity contribution in [2.75, 3.05) is 13.1 Å². The molecule has 0 fully saturated rings. The third-order valence-corrected chi connectivity index (χ3v) is 6.52. The van der Waals surface area contributed by atoms with Gasteiger partial charge in [-0.05, 0) is 42.5 Å². The summed E-state index contributed by atoms with van der Waals surface area (Å²) in [5, 5.41) is 8.85. The molecule has 2 N–H and O–H groups in total. The Morgan fingerprint density at radius 2 is 2.00 bits per heavy atom. The SMILES string of the molecule is N#Cc1ccc(S(=O)(=O)N2CC=C(NOCc3nc4ccccc4[nH]3)CC2)cc1. The Balaban J connectivity index is 1.33. The van der Waals surface area contributed by atoms with Crippen molar-refractivity contribution in [3.05, 3.63) is 71.7 Å². The van der Waals surface area contributed by atoms with Crippen LogP contribution in [0.15, 0.2) is 65.2 Å². The van der Waals surface area contributed by atoms with Crippen molar-refractivity contribution in [2.24, 2.45) is 0 Å². The van der Waals surface area contributed by atoms with Crippen LogP contribution in [-0.2, 0) is 21.5 Å². The Labute approximate surface area is 168 Å². The molecule has 0 spiro atoms. The molecule has 8 nitrogen and oxygen atoms in total. The predicted molar refractivity (Wildman–Crippen MR) is 107 cm³/mol. The van der Waals surface area contributed by atoms with Crippen LogP contribution in [0.2, 0.25) is 0 Å². The molecule has 0 amide bonds. The third kappa shape index (κ3) is 4.14. The molecular weight excluding hydrogens is 390 g/mol. The molecule has 0 saturated carbocycles. The highest BCUT2D eigenvalue weighted by molar-refractivity contribution is 7.89. The van der Waals surface area contributed by atoms with E-state index in [0.29, 0.717) is 24.4 Å². The smallest absolute Gasteiger partial charge is 0.243 e. The van der Waals surface area contributed by atoms with E-state index in [-0.39, 0.29) is 18.0 Å². The fourth-order valence-electron chi connectivity index (χ4n) is 3.08. The number of aromatic amines is 1. The number of H-pyrrole nitrogens is 1. The second-order valence-electron chi connectivity index (χ2n) is 6.57. The zero-order valence-corrected chi connectivity index (χ0v) is 16.3. The quantitative estimate of drug-likeness (QED) is 0.605.